The first-order chi connectivity index (χ1) is 13.0. The Morgan fingerprint density at radius 2 is 1.89 bits per heavy atom. The van der Waals surface area contributed by atoms with Gasteiger partial charge in [-0.1, -0.05) is 59.3 Å². The van der Waals surface area contributed by atoms with Gasteiger partial charge in [0.25, 0.3) is 0 Å². The van der Waals surface area contributed by atoms with Crippen LogP contribution >= 0.6 is 15.9 Å². The predicted octanol–water partition coefficient (Wildman–Crippen LogP) is 4.55. The van der Waals surface area contributed by atoms with Crippen molar-refractivity contribution in [2.45, 2.75) is 45.2 Å². The maximum Gasteiger partial charge on any atom is 0.222 e. The van der Waals surface area contributed by atoms with E-state index in [4.69, 9.17) is 0 Å². The average molecular weight is 429 g/mol. The predicted molar refractivity (Wildman–Crippen MR) is 110 cm³/mol. The molecule has 4 nitrogen and oxygen atoms in total. The molecule has 3 rings (SSSR count). The van der Waals surface area contributed by atoms with Gasteiger partial charge in [-0.25, -0.2) is 0 Å². The standard InChI is InChI=1S/C22H25BrN2O2/c1-3-20(17-8-10-18(23)11-9-17)24-22(27)14-21-19-7-5-4-6-16(19)12-13-25(21)15(2)26/h4-11,20-21H,3,12-14H2,1-2H3,(H,24,27). The molecule has 0 radical (unpaired) electrons. The molecular formula is C22H25BrN2O2. The van der Waals surface area contributed by atoms with Crippen LogP contribution < -0.4 is 5.32 Å². The fourth-order valence-electron chi connectivity index (χ4n) is 3.79. The number of nitrogens with one attached hydrogen (secondary N) is 1. The normalized spacial score (nSPS) is 17.1. The van der Waals surface area contributed by atoms with Crippen LogP contribution in [-0.4, -0.2) is 23.3 Å². The summed E-state index contributed by atoms with van der Waals surface area (Å²) in [5.74, 6) is -0.0139. The molecule has 0 aromatic heterocycles. The fourth-order valence-corrected chi connectivity index (χ4v) is 4.06. The molecule has 0 bridgehead atoms. The minimum Gasteiger partial charge on any atom is -0.349 e. The summed E-state index contributed by atoms with van der Waals surface area (Å²) in [6.45, 7) is 4.30. The molecule has 1 aliphatic heterocycles. The van der Waals surface area contributed by atoms with Gasteiger partial charge < -0.3 is 10.2 Å². The molecule has 0 spiro atoms. The molecule has 2 aromatic rings. The molecule has 1 heterocycles. The van der Waals surface area contributed by atoms with E-state index in [-0.39, 0.29) is 30.3 Å². The number of rotatable bonds is 5. The first-order valence-electron chi connectivity index (χ1n) is 9.39. The lowest BCUT2D eigenvalue weighted by Crippen LogP contribution is -2.41. The van der Waals surface area contributed by atoms with Crippen molar-refractivity contribution in [3.8, 4) is 0 Å². The summed E-state index contributed by atoms with van der Waals surface area (Å²) in [5.41, 5.74) is 3.40. The van der Waals surface area contributed by atoms with Crippen LogP contribution in [0.3, 0.4) is 0 Å². The second kappa shape index (κ2) is 8.70. The van der Waals surface area contributed by atoms with Crippen molar-refractivity contribution in [3.05, 3.63) is 69.7 Å². The lowest BCUT2D eigenvalue weighted by molar-refractivity contribution is -0.133. The molecule has 2 aromatic carbocycles. The molecule has 0 saturated carbocycles. The Bertz CT molecular complexity index is 819. The number of halogens is 1. The first-order valence-corrected chi connectivity index (χ1v) is 10.2. The van der Waals surface area contributed by atoms with Gasteiger partial charge in [0.15, 0.2) is 0 Å². The number of nitrogens with zero attached hydrogens (tertiary/aromatic N) is 1. The number of hydrogen-bond donors (Lipinski definition) is 1. The lowest BCUT2D eigenvalue weighted by atomic mass is 9.90. The highest BCUT2D eigenvalue weighted by Gasteiger charge is 2.31. The van der Waals surface area contributed by atoms with Crippen LogP contribution in [0.25, 0.3) is 0 Å². The van der Waals surface area contributed by atoms with Crippen LogP contribution in [0.1, 0.15) is 55.5 Å². The zero-order valence-electron chi connectivity index (χ0n) is 15.7. The third kappa shape index (κ3) is 4.59. The molecule has 27 heavy (non-hydrogen) atoms. The maximum atomic E-state index is 12.8. The van der Waals surface area contributed by atoms with Gasteiger partial charge in [0.05, 0.1) is 18.5 Å². The number of amides is 2. The van der Waals surface area contributed by atoms with E-state index < -0.39 is 0 Å². The van der Waals surface area contributed by atoms with Gasteiger partial charge in [-0.05, 0) is 41.7 Å². The Morgan fingerprint density at radius 1 is 1.19 bits per heavy atom. The van der Waals surface area contributed by atoms with E-state index in [9.17, 15) is 9.59 Å². The van der Waals surface area contributed by atoms with Crippen molar-refractivity contribution in [1.82, 2.24) is 10.2 Å². The molecule has 0 fully saturated rings. The van der Waals surface area contributed by atoms with Gasteiger partial charge in [-0.3, -0.25) is 9.59 Å². The highest BCUT2D eigenvalue weighted by Crippen LogP contribution is 2.32. The second-order valence-electron chi connectivity index (χ2n) is 6.96. The fraction of sp³-hybridized carbons (Fsp3) is 0.364. The van der Waals surface area contributed by atoms with E-state index in [0.717, 1.165) is 28.4 Å². The minimum atomic E-state index is -0.199. The highest BCUT2D eigenvalue weighted by molar-refractivity contribution is 9.10. The van der Waals surface area contributed by atoms with Gasteiger partial charge in [0, 0.05) is 17.9 Å². The minimum absolute atomic E-state index is 0.0160. The van der Waals surface area contributed by atoms with Crippen molar-refractivity contribution in [3.63, 3.8) is 0 Å². The molecule has 1 N–H and O–H groups in total. The van der Waals surface area contributed by atoms with E-state index in [1.807, 2.05) is 47.4 Å². The third-order valence-corrected chi connectivity index (χ3v) is 5.74. The number of benzene rings is 2. The number of fused-ring (bicyclic) bond motifs is 1. The van der Waals surface area contributed by atoms with Crippen molar-refractivity contribution in [1.29, 1.82) is 0 Å². The van der Waals surface area contributed by atoms with Gasteiger partial charge in [-0.2, -0.15) is 0 Å². The van der Waals surface area contributed by atoms with Crippen molar-refractivity contribution < 1.29 is 9.59 Å². The Balaban J connectivity index is 1.76. The number of carbonyl (C=O) groups excluding carboxylic acids is 2. The molecule has 0 saturated heterocycles. The van der Waals surface area contributed by atoms with E-state index in [1.165, 1.54) is 5.56 Å². The van der Waals surface area contributed by atoms with Crippen LogP contribution in [0.15, 0.2) is 53.0 Å². The SMILES string of the molecule is CCC(NC(=O)CC1c2ccccc2CCN1C(C)=O)c1ccc(Br)cc1. The average Bonchev–Trinajstić information content (AvgIpc) is 2.67. The van der Waals surface area contributed by atoms with Crippen LogP contribution in [0.4, 0.5) is 0 Å². The summed E-state index contributed by atoms with van der Waals surface area (Å²) in [7, 11) is 0. The van der Waals surface area contributed by atoms with E-state index in [2.05, 4.69) is 34.2 Å². The molecule has 2 amide bonds. The number of carbonyl (C=O) groups is 2. The third-order valence-electron chi connectivity index (χ3n) is 5.21. The largest absolute Gasteiger partial charge is 0.349 e. The summed E-state index contributed by atoms with van der Waals surface area (Å²) in [5, 5.41) is 3.15. The van der Waals surface area contributed by atoms with Crippen LogP contribution in [-0.2, 0) is 16.0 Å². The van der Waals surface area contributed by atoms with Crippen LogP contribution in [0.2, 0.25) is 0 Å². The second-order valence-corrected chi connectivity index (χ2v) is 7.88. The monoisotopic (exact) mass is 428 g/mol. The molecule has 0 aliphatic carbocycles. The van der Waals surface area contributed by atoms with Crippen LogP contribution in [0.5, 0.6) is 0 Å². The molecule has 142 valence electrons. The smallest absolute Gasteiger partial charge is 0.222 e. The molecule has 2 atom stereocenters. The Hall–Kier alpha value is -2.14. The molecule has 1 aliphatic rings. The van der Waals surface area contributed by atoms with Crippen LogP contribution in [0, 0.1) is 0 Å². The maximum absolute atomic E-state index is 12.8. The van der Waals surface area contributed by atoms with E-state index >= 15 is 0 Å². The lowest BCUT2D eigenvalue weighted by Gasteiger charge is -2.36. The summed E-state index contributed by atoms with van der Waals surface area (Å²) < 4.78 is 1.02. The summed E-state index contributed by atoms with van der Waals surface area (Å²) >= 11 is 3.44. The Morgan fingerprint density at radius 3 is 2.56 bits per heavy atom. The molecule has 2 unspecified atom stereocenters. The van der Waals surface area contributed by atoms with Crippen molar-refractivity contribution >= 4 is 27.7 Å². The molecular weight excluding hydrogens is 404 g/mol. The van der Waals surface area contributed by atoms with Gasteiger partial charge >= 0.3 is 0 Å². The quantitative estimate of drug-likeness (QED) is 0.758. The van der Waals surface area contributed by atoms with Crippen molar-refractivity contribution in [2.24, 2.45) is 0 Å². The summed E-state index contributed by atoms with van der Waals surface area (Å²) in [6, 6.07) is 15.9. The Labute approximate surface area is 169 Å². The van der Waals surface area contributed by atoms with Gasteiger partial charge in [0.1, 0.15) is 0 Å². The topological polar surface area (TPSA) is 49.4 Å². The zero-order valence-corrected chi connectivity index (χ0v) is 17.3. The Kier molecular flexibility index (Phi) is 6.32. The highest BCUT2D eigenvalue weighted by atomic mass is 79.9. The summed E-state index contributed by atoms with van der Waals surface area (Å²) in [6.07, 6.45) is 1.93. The van der Waals surface area contributed by atoms with E-state index in [1.54, 1.807) is 6.92 Å². The molecule has 5 heteroatoms. The summed E-state index contributed by atoms with van der Waals surface area (Å²) in [4.78, 5) is 26.8. The first kappa shape index (κ1) is 19.6. The number of hydrogen-bond acceptors (Lipinski definition) is 2. The van der Waals surface area contributed by atoms with E-state index in [0.29, 0.717) is 6.54 Å². The van der Waals surface area contributed by atoms with Crippen molar-refractivity contribution in [2.75, 3.05) is 6.54 Å². The van der Waals surface area contributed by atoms with Gasteiger partial charge in [-0.15, -0.1) is 0 Å². The zero-order chi connectivity index (χ0) is 19.4. The van der Waals surface area contributed by atoms with Gasteiger partial charge in [0.2, 0.25) is 11.8 Å².